The molecule has 0 aromatic heterocycles. The lowest BCUT2D eigenvalue weighted by molar-refractivity contribution is 0.204. The van der Waals surface area contributed by atoms with Gasteiger partial charge in [0, 0.05) is 16.9 Å². The van der Waals surface area contributed by atoms with E-state index >= 15 is 0 Å². The highest BCUT2D eigenvalue weighted by Crippen LogP contribution is 2.25. The van der Waals surface area contributed by atoms with Gasteiger partial charge in [-0.15, -0.1) is 11.8 Å². The zero-order valence-electron chi connectivity index (χ0n) is 11.1. The first-order valence-corrected chi connectivity index (χ1v) is 9.00. The van der Waals surface area contributed by atoms with Crippen LogP contribution in [0.4, 0.5) is 0 Å². The van der Waals surface area contributed by atoms with E-state index in [2.05, 4.69) is 0 Å². The molecule has 0 fully saturated rings. The van der Waals surface area contributed by atoms with E-state index in [4.69, 9.17) is 0 Å². The Labute approximate surface area is 123 Å². The fourth-order valence-electron chi connectivity index (χ4n) is 1.73. The van der Waals surface area contributed by atoms with Crippen LogP contribution in [0.5, 0.6) is 0 Å². The molecule has 3 nitrogen and oxygen atoms in total. The number of hydrogen-bond acceptors (Lipinski definition) is 4. The molecule has 1 N–H and O–H groups in total. The zero-order valence-corrected chi connectivity index (χ0v) is 12.7. The van der Waals surface area contributed by atoms with E-state index in [0.717, 1.165) is 10.5 Å². The van der Waals surface area contributed by atoms with Crippen LogP contribution < -0.4 is 0 Å². The molecule has 0 bridgehead atoms. The summed E-state index contributed by atoms with van der Waals surface area (Å²) in [7, 11) is -3.19. The molecule has 2 aromatic carbocycles. The molecule has 106 valence electrons. The number of hydrogen-bond donors (Lipinski definition) is 1. The van der Waals surface area contributed by atoms with Crippen molar-refractivity contribution >= 4 is 21.6 Å². The third kappa shape index (κ3) is 4.10. The lowest BCUT2D eigenvalue weighted by Gasteiger charge is -2.11. The summed E-state index contributed by atoms with van der Waals surface area (Å²) in [6.07, 6.45) is 0.553. The highest BCUT2D eigenvalue weighted by atomic mass is 32.2. The number of aliphatic hydroxyl groups is 1. The van der Waals surface area contributed by atoms with E-state index in [1.165, 1.54) is 18.4 Å². The van der Waals surface area contributed by atoms with Crippen LogP contribution in [0, 0.1) is 0 Å². The Morgan fingerprint density at radius 1 is 1.05 bits per heavy atom. The van der Waals surface area contributed by atoms with Crippen LogP contribution in [0.1, 0.15) is 11.7 Å². The molecule has 20 heavy (non-hydrogen) atoms. The molecule has 0 spiro atoms. The van der Waals surface area contributed by atoms with E-state index < -0.39 is 15.9 Å². The first-order chi connectivity index (χ1) is 9.47. The van der Waals surface area contributed by atoms with Gasteiger partial charge in [-0.05, 0) is 29.8 Å². The molecule has 0 heterocycles. The number of aliphatic hydroxyl groups excluding tert-OH is 1. The van der Waals surface area contributed by atoms with Crippen LogP contribution in [0.2, 0.25) is 0 Å². The molecule has 0 aliphatic heterocycles. The van der Waals surface area contributed by atoms with Crippen LogP contribution in [0.15, 0.2) is 64.4 Å². The molecular weight excluding hydrogens is 292 g/mol. The number of thioether (sulfide) groups is 1. The van der Waals surface area contributed by atoms with Gasteiger partial charge in [0.1, 0.15) is 0 Å². The van der Waals surface area contributed by atoms with Gasteiger partial charge in [-0.3, -0.25) is 0 Å². The summed E-state index contributed by atoms with van der Waals surface area (Å²) in [4.78, 5) is 1.36. The summed E-state index contributed by atoms with van der Waals surface area (Å²) < 4.78 is 22.7. The second-order valence-corrected chi connectivity index (χ2v) is 7.59. The minimum atomic E-state index is -3.19. The maximum atomic E-state index is 11.4. The maximum Gasteiger partial charge on any atom is 0.175 e. The molecule has 2 rings (SSSR count). The van der Waals surface area contributed by atoms with Crippen LogP contribution >= 0.6 is 11.8 Å². The second kappa shape index (κ2) is 6.43. The predicted molar refractivity (Wildman–Crippen MR) is 81.7 cm³/mol. The largest absolute Gasteiger partial charge is 0.388 e. The van der Waals surface area contributed by atoms with Crippen LogP contribution in [0.3, 0.4) is 0 Å². The van der Waals surface area contributed by atoms with Crippen molar-refractivity contribution < 1.29 is 13.5 Å². The number of sulfone groups is 1. The molecule has 0 aliphatic rings. The van der Waals surface area contributed by atoms with E-state index in [1.54, 1.807) is 23.9 Å². The lowest BCUT2D eigenvalue weighted by atomic mass is 10.1. The van der Waals surface area contributed by atoms with Crippen molar-refractivity contribution in [1.29, 1.82) is 0 Å². The Hall–Kier alpha value is -1.30. The highest BCUT2D eigenvalue weighted by molar-refractivity contribution is 7.99. The SMILES string of the molecule is CS(=O)(=O)c1ccc(C(O)CSc2ccccc2)cc1. The molecule has 0 radical (unpaired) electrons. The monoisotopic (exact) mass is 308 g/mol. The average molecular weight is 308 g/mol. The first-order valence-electron chi connectivity index (χ1n) is 6.13. The van der Waals surface area contributed by atoms with E-state index in [1.807, 2.05) is 30.3 Å². The Balaban J connectivity index is 2.01. The standard InChI is InChI=1S/C15H16O3S2/c1-20(17,18)14-9-7-12(8-10-14)15(16)11-19-13-5-3-2-4-6-13/h2-10,15-16H,11H2,1H3. The second-order valence-electron chi connectivity index (χ2n) is 4.48. The normalized spacial score (nSPS) is 13.1. The van der Waals surface area contributed by atoms with Gasteiger partial charge in [0.2, 0.25) is 0 Å². The van der Waals surface area contributed by atoms with Crippen LogP contribution in [-0.2, 0) is 9.84 Å². The fraction of sp³-hybridized carbons (Fsp3) is 0.200. The van der Waals surface area contributed by atoms with E-state index in [0.29, 0.717) is 5.75 Å². The molecular formula is C15H16O3S2. The van der Waals surface area contributed by atoms with Crippen molar-refractivity contribution in [3.63, 3.8) is 0 Å². The molecule has 5 heteroatoms. The molecule has 1 unspecified atom stereocenters. The first kappa shape index (κ1) is 15.1. The van der Waals surface area contributed by atoms with Gasteiger partial charge in [0.15, 0.2) is 9.84 Å². The zero-order chi connectivity index (χ0) is 14.6. The number of rotatable bonds is 5. The Morgan fingerprint density at radius 3 is 2.20 bits per heavy atom. The minimum absolute atomic E-state index is 0.268. The summed E-state index contributed by atoms with van der Waals surface area (Å²) in [5.74, 6) is 0.530. The topological polar surface area (TPSA) is 54.4 Å². The predicted octanol–water partition coefficient (Wildman–Crippen LogP) is 2.92. The van der Waals surface area contributed by atoms with Crippen molar-refractivity contribution in [2.24, 2.45) is 0 Å². The molecule has 0 aliphatic carbocycles. The van der Waals surface area contributed by atoms with Gasteiger partial charge in [-0.2, -0.15) is 0 Å². The molecule has 1 atom stereocenters. The van der Waals surface area contributed by atoms with E-state index in [9.17, 15) is 13.5 Å². The van der Waals surface area contributed by atoms with Gasteiger partial charge in [0.05, 0.1) is 11.0 Å². The molecule has 0 amide bonds. The summed E-state index contributed by atoms with van der Waals surface area (Å²) in [5, 5.41) is 10.1. The fourth-order valence-corrected chi connectivity index (χ4v) is 3.25. The quantitative estimate of drug-likeness (QED) is 0.863. The van der Waals surface area contributed by atoms with Gasteiger partial charge >= 0.3 is 0 Å². The smallest absolute Gasteiger partial charge is 0.175 e. The third-order valence-electron chi connectivity index (χ3n) is 2.84. The summed E-state index contributed by atoms with van der Waals surface area (Å²) in [6.45, 7) is 0. The van der Waals surface area contributed by atoms with Gasteiger partial charge < -0.3 is 5.11 Å². The van der Waals surface area contributed by atoms with Crippen molar-refractivity contribution in [3.8, 4) is 0 Å². The minimum Gasteiger partial charge on any atom is -0.388 e. The highest BCUT2D eigenvalue weighted by Gasteiger charge is 2.11. The molecule has 2 aromatic rings. The van der Waals surface area contributed by atoms with Crippen molar-refractivity contribution in [1.82, 2.24) is 0 Å². The Morgan fingerprint density at radius 2 is 1.65 bits per heavy atom. The summed E-state index contributed by atoms with van der Waals surface area (Å²) >= 11 is 1.56. The summed E-state index contributed by atoms with van der Waals surface area (Å²) in [5.41, 5.74) is 0.723. The van der Waals surface area contributed by atoms with Crippen LogP contribution in [0.25, 0.3) is 0 Å². The summed E-state index contributed by atoms with van der Waals surface area (Å²) in [6, 6.07) is 16.2. The maximum absolute atomic E-state index is 11.4. The van der Waals surface area contributed by atoms with Gasteiger partial charge in [0.25, 0.3) is 0 Å². The average Bonchev–Trinajstić information content (AvgIpc) is 2.45. The van der Waals surface area contributed by atoms with Crippen molar-refractivity contribution in [3.05, 3.63) is 60.2 Å². The van der Waals surface area contributed by atoms with E-state index in [-0.39, 0.29) is 4.90 Å². The van der Waals surface area contributed by atoms with Gasteiger partial charge in [-0.25, -0.2) is 8.42 Å². The van der Waals surface area contributed by atoms with Gasteiger partial charge in [-0.1, -0.05) is 30.3 Å². The van der Waals surface area contributed by atoms with Crippen LogP contribution in [-0.4, -0.2) is 25.5 Å². The molecule has 0 saturated carbocycles. The molecule has 0 saturated heterocycles. The van der Waals surface area contributed by atoms with Crippen molar-refractivity contribution in [2.75, 3.05) is 12.0 Å². The lowest BCUT2D eigenvalue weighted by Crippen LogP contribution is -2.02. The third-order valence-corrected chi connectivity index (χ3v) is 5.06. The Bertz CT molecular complexity index is 649. The number of benzene rings is 2. The Kier molecular flexibility index (Phi) is 4.86. The van der Waals surface area contributed by atoms with Crippen molar-refractivity contribution in [2.45, 2.75) is 15.9 Å².